The molecule has 0 radical (unpaired) electrons. The number of aromatic nitrogens is 2. The van der Waals surface area contributed by atoms with Crippen LogP contribution in [0.2, 0.25) is 0 Å². The van der Waals surface area contributed by atoms with E-state index < -0.39 is 5.69 Å². The third-order valence-electron chi connectivity index (χ3n) is 3.52. The van der Waals surface area contributed by atoms with Crippen molar-refractivity contribution in [2.24, 2.45) is 0 Å². The van der Waals surface area contributed by atoms with Crippen molar-refractivity contribution >= 4 is 17.5 Å². The summed E-state index contributed by atoms with van der Waals surface area (Å²) in [5, 5.41) is 5.45. The first kappa shape index (κ1) is 17.2. The minimum absolute atomic E-state index is 0.110. The van der Waals surface area contributed by atoms with E-state index in [0.29, 0.717) is 5.69 Å². The molecule has 0 saturated carbocycles. The molecule has 0 bridgehead atoms. The van der Waals surface area contributed by atoms with Crippen molar-refractivity contribution in [3.05, 3.63) is 82.9 Å². The zero-order chi connectivity index (χ0) is 18.4. The van der Waals surface area contributed by atoms with Gasteiger partial charge in [0.25, 0.3) is 5.91 Å². The van der Waals surface area contributed by atoms with E-state index in [-0.39, 0.29) is 30.7 Å². The normalized spacial score (nSPS) is 10.3. The van der Waals surface area contributed by atoms with E-state index in [9.17, 15) is 14.4 Å². The topological polar surface area (TPSA) is 106 Å². The number of hydrogen-bond donors (Lipinski definition) is 2. The summed E-state index contributed by atoms with van der Waals surface area (Å²) in [5.74, 6) is -0.456. The highest BCUT2D eigenvalue weighted by Gasteiger charge is 2.09. The van der Waals surface area contributed by atoms with Gasteiger partial charge in [-0.25, -0.2) is 9.78 Å². The van der Waals surface area contributed by atoms with Gasteiger partial charge in [0, 0.05) is 24.6 Å². The molecule has 8 heteroatoms. The van der Waals surface area contributed by atoms with Crippen molar-refractivity contribution in [1.29, 1.82) is 0 Å². The van der Waals surface area contributed by atoms with Crippen LogP contribution in [0.25, 0.3) is 0 Å². The predicted molar refractivity (Wildman–Crippen MR) is 93.4 cm³/mol. The van der Waals surface area contributed by atoms with Gasteiger partial charge < -0.3 is 15.1 Å². The summed E-state index contributed by atoms with van der Waals surface area (Å²) in [4.78, 5) is 39.0. The maximum absolute atomic E-state index is 12.0. The lowest BCUT2D eigenvalue weighted by Crippen LogP contribution is -2.32. The summed E-state index contributed by atoms with van der Waals surface area (Å²) in [6.07, 6.45) is 4.30. The van der Waals surface area contributed by atoms with Crippen LogP contribution in [0.4, 0.5) is 5.69 Å². The average Bonchev–Trinajstić information content (AvgIpc) is 3.17. The molecular formula is C18H16N4O4. The summed E-state index contributed by atoms with van der Waals surface area (Å²) in [6, 6.07) is 11.9. The SMILES string of the molecule is O=C(Cn1cccnc1=O)NCc1cccc(NC(=O)c2ccco2)c1. The third-order valence-corrected chi connectivity index (χ3v) is 3.52. The fraction of sp³-hybridized carbons (Fsp3) is 0.111. The largest absolute Gasteiger partial charge is 0.459 e. The maximum atomic E-state index is 12.0. The molecule has 0 spiro atoms. The first-order chi connectivity index (χ1) is 12.6. The molecule has 8 nitrogen and oxygen atoms in total. The molecule has 0 aliphatic rings. The Kier molecular flexibility index (Phi) is 5.23. The lowest BCUT2D eigenvalue weighted by molar-refractivity contribution is -0.121. The van der Waals surface area contributed by atoms with E-state index in [1.165, 1.54) is 23.2 Å². The monoisotopic (exact) mass is 352 g/mol. The Morgan fingerprint density at radius 3 is 2.81 bits per heavy atom. The molecule has 0 fully saturated rings. The number of carbonyl (C=O) groups excluding carboxylic acids is 2. The van der Waals surface area contributed by atoms with Gasteiger partial charge in [-0.1, -0.05) is 12.1 Å². The van der Waals surface area contributed by atoms with Crippen LogP contribution in [-0.2, 0) is 17.9 Å². The van der Waals surface area contributed by atoms with Crippen molar-refractivity contribution < 1.29 is 14.0 Å². The van der Waals surface area contributed by atoms with Gasteiger partial charge in [-0.3, -0.25) is 14.2 Å². The molecule has 2 N–H and O–H groups in total. The summed E-state index contributed by atoms with van der Waals surface area (Å²) in [7, 11) is 0. The zero-order valence-corrected chi connectivity index (χ0v) is 13.7. The van der Waals surface area contributed by atoms with E-state index in [0.717, 1.165) is 5.56 Å². The molecule has 0 atom stereocenters. The molecule has 0 aliphatic heterocycles. The highest BCUT2D eigenvalue weighted by Crippen LogP contribution is 2.12. The van der Waals surface area contributed by atoms with Crippen LogP contribution in [-0.4, -0.2) is 21.4 Å². The molecule has 2 amide bonds. The number of hydrogen-bond acceptors (Lipinski definition) is 5. The Balaban J connectivity index is 1.57. The van der Waals surface area contributed by atoms with Crippen LogP contribution >= 0.6 is 0 Å². The predicted octanol–water partition coefficient (Wildman–Crippen LogP) is 1.40. The number of benzene rings is 1. The Labute approximate surface area is 148 Å². The lowest BCUT2D eigenvalue weighted by atomic mass is 10.2. The average molecular weight is 352 g/mol. The molecule has 2 heterocycles. The second kappa shape index (κ2) is 7.93. The van der Waals surface area contributed by atoms with Crippen molar-refractivity contribution in [2.45, 2.75) is 13.1 Å². The van der Waals surface area contributed by atoms with E-state index in [1.807, 2.05) is 6.07 Å². The molecule has 3 aromatic rings. The van der Waals surface area contributed by atoms with Crippen LogP contribution in [0.3, 0.4) is 0 Å². The van der Waals surface area contributed by atoms with Crippen LogP contribution in [0.5, 0.6) is 0 Å². The van der Waals surface area contributed by atoms with Crippen molar-refractivity contribution in [3.63, 3.8) is 0 Å². The number of nitrogens with one attached hydrogen (secondary N) is 2. The van der Waals surface area contributed by atoms with E-state index >= 15 is 0 Å². The summed E-state index contributed by atoms with van der Waals surface area (Å²) < 4.78 is 6.26. The summed E-state index contributed by atoms with van der Waals surface area (Å²) >= 11 is 0. The fourth-order valence-electron chi connectivity index (χ4n) is 2.28. The van der Waals surface area contributed by atoms with Gasteiger partial charge in [0.1, 0.15) is 6.54 Å². The van der Waals surface area contributed by atoms with Crippen molar-refractivity contribution in [3.8, 4) is 0 Å². The zero-order valence-electron chi connectivity index (χ0n) is 13.7. The Morgan fingerprint density at radius 2 is 2.04 bits per heavy atom. The summed E-state index contributed by atoms with van der Waals surface area (Å²) in [5.41, 5.74) is 0.904. The second-order valence-electron chi connectivity index (χ2n) is 5.44. The Hall–Kier alpha value is -3.68. The number of amides is 2. The number of anilines is 1. The second-order valence-corrected chi connectivity index (χ2v) is 5.44. The van der Waals surface area contributed by atoms with Crippen LogP contribution < -0.4 is 16.3 Å². The summed E-state index contributed by atoms with van der Waals surface area (Å²) in [6.45, 7) is 0.153. The van der Waals surface area contributed by atoms with Gasteiger partial charge in [-0.15, -0.1) is 0 Å². The first-order valence-electron chi connectivity index (χ1n) is 7.84. The van der Waals surface area contributed by atoms with Gasteiger partial charge >= 0.3 is 5.69 Å². The van der Waals surface area contributed by atoms with Crippen LogP contribution in [0.1, 0.15) is 16.1 Å². The van der Waals surface area contributed by atoms with Crippen LogP contribution in [0, 0.1) is 0 Å². The molecule has 0 unspecified atom stereocenters. The number of rotatable bonds is 6. The van der Waals surface area contributed by atoms with Gasteiger partial charge in [-0.05, 0) is 35.9 Å². The minimum Gasteiger partial charge on any atom is -0.459 e. The van der Waals surface area contributed by atoms with Gasteiger partial charge in [0.15, 0.2) is 5.76 Å². The number of nitrogens with zero attached hydrogens (tertiary/aromatic N) is 2. The quantitative estimate of drug-likeness (QED) is 0.697. The van der Waals surface area contributed by atoms with E-state index in [1.54, 1.807) is 36.4 Å². The molecule has 0 saturated heterocycles. The molecule has 26 heavy (non-hydrogen) atoms. The standard InChI is InChI=1S/C18H16N4O4/c23-16(12-22-8-3-7-19-18(22)25)20-11-13-4-1-5-14(10-13)21-17(24)15-6-2-9-26-15/h1-10H,11-12H2,(H,20,23)(H,21,24). The van der Waals surface area contributed by atoms with E-state index in [4.69, 9.17) is 4.42 Å². The van der Waals surface area contributed by atoms with Crippen LogP contribution in [0.15, 0.2) is 70.3 Å². The third kappa shape index (κ3) is 4.44. The number of carbonyl (C=O) groups is 2. The van der Waals surface area contributed by atoms with Crippen molar-refractivity contribution in [2.75, 3.05) is 5.32 Å². The maximum Gasteiger partial charge on any atom is 0.347 e. The molecule has 132 valence electrons. The molecule has 3 rings (SSSR count). The molecule has 0 aliphatic carbocycles. The smallest absolute Gasteiger partial charge is 0.347 e. The molecule has 1 aromatic carbocycles. The lowest BCUT2D eigenvalue weighted by Gasteiger charge is -2.09. The van der Waals surface area contributed by atoms with Gasteiger partial charge in [-0.2, -0.15) is 0 Å². The molecule has 2 aromatic heterocycles. The molecular weight excluding hydrogens is 336 g/mol. The van der Waals surface area contributed by atoms with Crippen molar-refractivity contribution in [1.82, 2.24) is 14.9 Å². The fourth-order valence-corrected chi connectivity index (χ4v) is 2.28. The Morgan fingerprint density at radius 1 is 1.15 bits per heavy atom. The van der Waals surface area contributed by atoms with Gasteiger partial charge in [0.2, 0.25) is 5.91 Å². The van der Waals surface area contributed by atoms with Gasteiger partial charge in [0.05, 0.1) is 6.26 Å². The highest BCUT2D eigenvalue weighted by atomic mass is 16.3. The first-order valence-corrected chi connectivity index (χ1v) is 7.84. The Bertz CT molecular complexity index is 963. The van der Waals surface area contributed by atoms with E-state index in [2.05, 4.69) is 15.6 Å². The number of furan rings is 1. The highest BCUT2D eigenvalue weighted by molar-refractivity contribution is 6.02. The minimum atomic E-state index is -0.481.